The highest BCUT2D eigenvalue weighted by Gasteiger charge is 2.12. The van der Waals surface area contributed by atoms with Crippen molar-refractivity contribution >= 4 is 22.7 Å². The molecule has 7 heteroatoms. The van der Waals surface area contributed by atoms with Crippen molar-refractivity contribution in [1.82, 2.24) is 0 Å². The first-order valence-electron chi connectivity index (χ1n) is 5.10. The fraction of sp³-hybridized carbons (Fsp3) is 0.364. The Morgan fingerprint density at radius 3 is 2.39 bits per heavy atom. The van der Waals surface area contributed by atoms with Crippen LogP contribution in [0.2, 0.25) is 0 Å². The molecule has 1 rings (SSSR count). The lowest BCUT2D eigenvalue weighted by Gasteiger charge is -2.14. The van der Waals surface area contributed by atoms with Gasteiger partial charge >= 0.3 is 5.37 Å². The van der Waals surface area contributed by atoms with Gasteiger partial charge in [-0.3, -0.25) is 4.79 Å². The first-order chi connectivity index (χ1) is 8.38. The number of rotatable bonds is 5. The van der Waals surface area contributed by atoms with Crippen LogP contribution in [0.25, 0.3) is 0 Å². The van der Waals surface area contributed by atoms with Crippen LogP contribution in [0.1, 0.15) is 13.8 Å². The fourth-order valence-corrected chi connectivity index (χ4v) is 1.35. The van der Waals surface area contributed by atoms with E-state index in [9.17, 15) is 13.6 Å². The second kappa shape index (κ2) is 6.39. The van der Waals surface area contributed by atoms with Gasteiger partial charge in [0.1, 0.15) is 11.5 Å². The van der Waals surface area contributed by atoms with Crippen LogP contribution in [-0.4, -0.2) is 18.1 Å². The number of halogens is 3. The van der Waals surface area contributed by atoms with Gasteiger partial charge in [0, 0.05) is 19.9 Å². The molecule has 2 atom stereocenters. The maximum atomic E-state index is 12.8. The topological polar surface area (TPSA) is 47.6 Å². The van der Waals surface area contributed by atoms with Gasteiger partial charge in [0.25, 0.3) is 0 Å². The van der Waals surface area contributed by atoms with E-state index in [0.717, 1.165) is 6.92 Å². The average Bonchev–Trinajstić information content (AvgIpc) is 2.19. The molecule has 0 aliphatic carbocycles. The SMILES string of the molecule is CC(F)Oc1ccc(NC(=O)Cl)c(OC(C)F)c1. The third-order valence-corrected chi connectivity index (χ3v) is 1.87. The van der Waals surface area contributed by atoms with Gasteiger partial charge in [0.05, 0.1) is 5.69 Å². The summed E-state index contributed by atoms with van der Waals surface area (Å²) in [6, 6.07) is 4.03. The number of ether oxygens (including phenoxy) is 2. The van der Waals surface area contributed by atoms with Gasteiger partial charge in [-0.15, -0.1) is 0 Å². The standard InChI is InChI=1S/C11H12ClF2NO3/c1-6(13)17-8-3-4-9(15-11(12)16)10(5-8)18-7(2)14/h3-7H,1-2H3,(H,15,16). The Kier molecular flexibility index (Phi) is 5.15. The quantitative estimate of drug-likeness (QED) is 0.658. The minimum Gasteiger partial charge on any atom is -0.461 e. The molecule has 0 aliphatic rings. The van der Waals surface area contributed by atoms with E-state index in [0.29, 0.717) is 0 Å². The van der Waals surface area contributed by atoms with Gasteiger partial charge in [-0.05, 0) is 23.7 Å². The summed E-state index contributed by atoms with van der Waals surface area (Å²) >= 11 is 5.15. The number of carbonyl (C=O) groups excluding carboxylic acids is 1. The van der Waals surface area contributed by atoms with Crippen LogP contribution in [-0.2, 0) is 0 Å². The number of nitrogens with one attached hydrogen (secondary N) is 1. The normalized spacial score (nSPS) is 13.6. The second-order valence-electron chi connectivity index (χ2n) is 3.38. The molecule has 0 aromatic heterocycles. The van der Waals surface area contributed by atoms with Crippen molar-refractivity contribution < 1.29 is 23.0 Å². The van der Waals surface area contributed by atoms with Gasteiger partial charge < -0.3 is 14.8 Å². The number of carbonyl (C=O) groups is 1. The lowest BCUT2D eigenvalue weighted by molar-refractivity contribution is 0.0791. The monoisotopic (exact) mass is 279 g/mol. The predicted molar refractivity (Wildman–Crippen MR) is 63.7 cm³/mol. The van der Waals surface area contributed by atoms with Gasteiger partial charge in [-0.2, -0.15) is 0 Å². The number of hydrogen-bond donors (Lipinski definition) is 1. The third kappa shape index (κ3) is 4.75. The maximum absolute atomic E-state index is 12.8. The summed E-state index contributed by atoms with van der Waals surface area (Å²) in [5.41, 5.74) is 0.165. The zero-order chi connectivity index (χ0) is 13.7. The zero-order valence-electron chi connectivity index (χ0n) is 9.75. The van der Waals surface area contributed by atoms with Crippen LogP contribution in [0.3, 0.4) is 0 Å². The summed E-state index contributed by atoms with van der Waals surface area (Å²) in [6.07, 6.45) is -3.12. The molecular formula is C11H12ClF2NO3. The van der Waals surface area contributed by atoms with Gasteiger partial charge in [-0.1, -0.05) is 0 Å². The van der Waals surface area contributed by atoms with Gasteiger partial charge in [-0.25, -0.2) is 8.78 Å². The van der Waals surface area contributed by atoms with Crippen molar-refractivity contribution in [2.45, 2.75) is 26.6 Å². The van der Waals surface area contributed by atoms with Gasteiger partial charge in [0.2, 0.25) is 12.7 Å². The molecule has 1 N–H and O–H groups in total. The molecule has 0 radical (unpaired) electrons. The van der Waals surface area contributed by atoms with Crippen molar-refractivity contribution in [3.63, 3.8) is 0 Å². The Morgan fingerprint density at radius 2 is 1.89 bits per heavy atom. The van der Waals surface area contributed by atoms with E-state index in [4.69, 9.17) is 21.1 Å². The third-order valence-electron chi connectivity index (χ3n) is 1.77. The molecule has 100 valence electrons. The molecule has 0 saturated heterocycles. The summed E-state index contributed by atoms with van der Waals surface area (Å²) < 4.78 is 35.1. The van der Waals surface area contributed by atoms with Crippen LogP contribution in [0.5, 0.6) is 11.5 Å². The molecule has 1 aromatic carbocycles. The fourth-order valence-electron chi connectivity index (χ4n) is 1.25. The molecule has 4 nitrogen and oxygen atoms in total. The van der Waals surface area contributed by atoms with E-state index in [1.54, 1.807) is 0 Å². The van der Waals surface area contributed by atoms with Crippen LogP contribution in [0.15, 0.2) is 18.2 Å². The summed E-state index contributed by atoms with van der Waals surface area (Å²) in [7, 11) is 0. The van der Waals surface area contributed by atoms with Crippen molar-refractivity contribution in [3.05, 3.63) is 18.2 Å². The summed E-state index contributed by atoms with van der Waals surface area (Å²) in [5, 5.41) is 1.40. The van der Waals surface area contributed by atoms with Gasteiger partial charge in [0.15, 0.2) is 0 Å². The van der Waals surface area contributed by atoms with Crippen LogP contribution >= 0.6 is 11.6 Å². The van der Waals surface area contributed by atoms with E-state index in [-0.39, 0.29) is 17.2 Å². The Bertz CT molecular complexity index is 427. The first kappa shape index (κ1) is 14.5. The Morgan fingerprint density at radius 1 is 1.28 bits per heavy atom. The van der Waals surface area contributed by atoms with E-state index in [1.807, 2.05) is 0 Å². The molecular weight excluding hydrogens is 268 g/mol. The minimum absolute atomic E-state index is 0.00264. The van der Waals surface area contributed by atoms with Crippen molar-refractivity contribution in [2.24, 2.45) is 0 Å². The Balaban J connectivity index is 2.99. The van der Waals surface area contributed by atoms with Crippen LogP contribution in [0.4, 0.5) is 19.3 Å². The molecule has 0 saturated carbocycles. The minimum atomic E-state index is -1.60. The van der Waals surface area contributed by atoms with E-state index in [2.05, 4.69) is 5.32 Å². The van der Waals surface area contributed by atoms with E-state index < -0.39 is 18.1 Å². The van der Waals surface area contributed by atoms with E-state index >= 15 is 0 Å². The number of alkyl halides is 2. The highest BCUT2D eigenvalue weighted by Crippen LogP contribution is 2.31. The number of hydrogen-bond acceptors (Lipinski definition) is 3. The molecule has 0 aliphatic heterocycles. The second-order valence-corrected chi connectivity index (χ2v) is 3.72. The number of benzene rings is 1. The van der Waals surface area contributed by atoms with Crippen LogP contribution < -0.4 is 14.8 Å². The average molecular weight is 280 g/mol. The highest BCUT2D eigenvalue weighted by molar-refractivity contribution is 6.65. The summed E-state index contributed by atoms with van der Waals surface area (Å²) in [6.45, 7) is 2.37. The molecule has 0 heterocycles. The zero-order valence-corrected chi connectivity index (χ0v) is 10.5. The smallest absolute Gasteiger partial charge is 0.318 e. The molecule has 0 spiro atoms. The predicted octanol–water partition coefficient (Wildman–Crippen LogP) is 3.85. The largest absolute Gasteiger partial charge is 0.461 e. The summed E-state index contributed by atoms with van der Waals surface area (Å²) in [4.78, 5) is 10.7. The summed E-state index contributed by atoms with van der Waals surface area (Å²) in [5.74, 6) is 0.144. The molecule has 0 bridgehead atoms. The van der Waals surface area contributed by atoms with E-state index in [1.165, 1.54) is 25.1 Å². The lowest BCUT2D eigenvalue weighted by Crippen LogP contribution is -2.10. The maximum Gasteiger partial charge on any atom is 0.318 e. The molecule has 0 fully saturated rings. The highest BCUT2D eigenvalue weighted by atomic mass is 35.5. The lowest BCUT2D eigenvalue weighted by atomic mass is 10.2. The van der Waals surface area contributed by atoms with Crippen molar-refractivity contribution in [2.75, 3.05) is 5.32 Å². The van der Waals surface area contributed by atoms with Crippen molar-refractivity contribution in [3.8, 4) is 11.5 Å². The molecule has 18 heavy (non-hydrogen) atoms. The number of amides is 1. The molecule has 2 unspecified atom stereocenters. The Labute approximate surface area is 108 Å². The first-order valence-corrected chi connectivity index (χ1v) is 5.48. The molecule has 1 amide bonds. The number of anilines is 1. The van der Waals surface area contributed by atoms with Crippen LogP contribution in [0, 0.1) is 0 Å². The Hall–Kier alpha value is -1.56. The van der Waals surface area contributed by atoms with Crippen molar-refractivity contribution in [1.29, 1.82) is 0 Å². The molecule has 1 aromatic rings.